The summed E-state index contributed by atoms with van der Waals surface area (Å²) in [4.78, 5) is 11.3. The lowest BCUT2D eigenvalue weighted by Gasteiger charge is -2.30. The van der Waals surface area contributed by atoms with Gasteiger partial charge in [0.2, 0.25) is 5.91 Å². The van der Waals surface area contributed by atoms with Crippen LogP contribution in [-0.4, -0.2) is 30.7 Å². The Morgan fingerprint density at radius 2 is 2.19 bits per heavy atom. The van der Waals surface area contributed by atoms with E-state index in [9.17, 15) is 18.0 Å². The number of nitrogens with one attached hydrogen (secondary N) is 2. The van der Waals surface area contributed by atoms with Gasteiger partial charge in [0.25, 0.3) is 0 Å². The predicted octanol–water partition coefficient (Wildman–Crippen LogP) is 1.59. The molecule has 1 fully saturated rings. The molecule has 1 heterocycles. The zero-order valence-corrected chi connectivity index (χ0v) is 9.23. The van der Waals surface area contributed by atoms with Gasteiger partial charge >= 0.3 is 6.18 Å². The number of alkyl halides is 3. The summed E-state index contributed by atoms with van der Waals surface area (Å²) in [5, 5.41) is 5.81. The Morgan fingerprint density at radius 3 is 2.75 bits per heavy atom. The van der Waals surface area contributed by atoms with E-state index in [0.29, 0.717) is 0 Å². The van der Waals surface area contributed by atoms with Crippen molar-refractivity contribution in [3.05, 3.63) is 0 Å². The lowest BCUT2D eigenvalue weighted by molar-refractivity contribution is -0.144. The molecule has 0 aliphatic carbocycles. The second-order valence-corrected chi connectivity index (χ2v) is 4.17. The van der Waals surface area contributed by atoms with Crippen molar-refractivity contribution < 1.29 is 18.0 Å². The molecular formula is C10H17F3N2O. The number of carbonyl (C=O) groups is 1. The minimum Gasteiger partial charge on any atom is -0.352 e. The van der Waals surface area contributed by atoms with Gasteiger partial charge in [-0.15, -0.1) is 0 Å². The molecule has 0 spiro atoms. The van der Waals surface area contributed by atoms with Crippen LogP contribution in [0.15, 0.2) is 0 Å². The van der Waals surface area contributed by atoms with Crippen molar-refractivity contribution in [2.75, 3.05) is 6.54 Å². The fourth-order valence-electron chi connectivity index (χ4n) is 1.78. The molecule has 6 heteroatoms. The first-order valence-corrected chi connectivity index (χ1v) is 5.48. The summed E-state index contributed by atoms with van der Waals surface area (Å²) in [5.41, 5.74) is 0. The molecule has 0 aromatic carbocycles. The molecule has 94 valence electrons. The van der Waals surface area contributed by atoms with Gasteiger partial charge in [0.05, 0.1) is 6.42 Å². The molecule has 2 atom stereocenters. The molecular weight excluding hydrogens is 221 g/mol. The van der Waals surface area contributed by atoms with Crippen LogP contribution in [0.3, 0.4) is 0 Å². The molecule has 0 saturated carbocycles. The summed E-state index contributed by atoms with van der Waals surface area (Å²) >= 11 is 0. The first kappa shape index (κ1) is 13.3. The van der Waals surface area contributed by atoms with Crippen molar-refractivity contribution in [3.8, 4) is 0 Å². The second kappa shape index (κ2) is 5.52. The lowest BCUT2D eigenvalue weighted by atomic mass is 10.00. The molecule has 2 N–H and O–H groups in total. The van der Waals surface area contributed by atoms with Gasteiger partial charge in [0.1, 0.15) is 0 Å². The number of rotatable bonds is 3. The van der Waals surface area contributed by atoms with Crippen molar-refractivity contribution in [3.63, 3.8) is 0 Å². The Labute approximate surface area is 92.8 Å². The van der Waals surface area contributed by atoms with Crippen LogP contribution in [-0.2, 0) is 4.79 Å². The van der Waals surface area contributed by atoms with Crippen molar-refractivity contribution in [1.82, 2.24) is 10.6 Å². The quantitative estimate of drug-likeness (QED) is 0.784. The Hall–Kier alpha value is -0.780. The maximum absolute atomic E-state index is 11.9. The number of halogens is 3. The van der Waals surface area contributed by atoms with Gasteiger partial charge in [0.15, 0.2) is 0 Å². The fourth-order valence-corrected chi connectivity index (χ4v) is 1.78. The number of carbonyl (C=O) groups excluding carboxylic acids is 1. The third-order valence-corrected chi connectivity index (χ3v) is 2.74. The third kappa shape index (κ3) is 4.83. The first-order valence-electron chi connectivity index (χ1n) is 5.48. The Balaban J connectivity index is 2.28. The number of hydrogen-bond donors (Lipinski definition) is 2. The Morgan fingerprint density at radius 1 is 1.50 bits per heavy atom. The molecule has 1 rings (SSSR count). The summed E-state index contributed by atoms with van der Waals surface area (Å²) in [6.45, 7) is 2.82. The van der Waals surface area contributed by atoms with Gasteiger partial charge in [-0.2, -0.15) is 13.2 Å². The smallest absolute Gasteiger partial charge is 0.352 e. The zero-order chi connectivity index (χ0) is 12.2. The monoisotopic (exact) mass is 238 g/mol. The maximum Gasteiger partial charge on any atom is 0.389 e. The van der Waals surface area contributed by atoms with E-state index in [1.54, 1.807) is 0 Å². The Kier molecular flexibility index (Phi) is 4.58. The van der Waals surface area contributed by atoms with Crippen LogP contribution in [0, 0.1) is 0 Å². The molecule has 16 heavy (non-hydrogen) atoms. The molecule has 0 aromatic heterocycles. The summed E-state index contributed by atoms with van der Waals surface area (Å²) in [6.07, 6.45) is -4.02. The molecule has 0 bridgehead atoms. The third-order valence-electron chi connectivity index (χ3n) is 2.74. The van der Waals surface area contributed by atoms with Crippen molar-refractivity contribution in [1.29, 1.82) is 0 Å². The van der Waals surface area contributed by atoms with E-state index in [1.165, 1.54) is 0 Å². The molecule has 1 aliphatic rings. The summed E-state index contributed by atoms with van der Waals surface area (Å²) in [6, 6.07) is 0.0815. The molecule has 2 unspecified atom stereocenters. The van der Waals surface area contributed by atoms with E-state index in [0.717, 1.165) is 19.4 Å². The lowest BCUT2D eigenvalue weighted by Crippen LogP contribution is -2.51. The van der Waals surface area contributed by atoms with E-state index >= 15 is 0 Å². The summed E-state index contributed by atoms with van der Waals surface area (Å²) in [5.74, 6) is -0.516. The van der Waals surface area contributed by atoms with Gasteiger partial charge in [-0.05, 0) is 26.3 Å². The number of amides is 1. The summed E-state index contributed by atoms with van der Waals surface area (Å²) in [7, 11) is 0. The van der Waals surface area contributed by atoms with Crippen molar-refractivity contribution in [2.45, 2.75) is 50.9 Å². The van der Waals surface area contributed by atoms with E-state index < -0.39 is 24.9 Å². The van der Waals surface area contributed by atoms with Crippen LogP contribution in [0.2, 0.25) is 0 Å². The van der Waals surface area contributed by atoms with E-state index in [4.69, 9.17) is 0 Å². The van der Waals surface area contributed by atoms with Crippen molar-refractivity contribution >= 4 is 5.91 Å². The van der Waals surface area contributed by atoms with Gasteiger partial charge in [-0.1, -0.05) is 0 Å². The molecule has 0 aromatic rings. The topological polar surface area (TPSA) is 41.1 Å². The largest absolute Gasteiger partial charge is 0.389 e. The maximum atomic E-state index is 11.9. The fraction of sp³-hybridized carbons (Fsp3) is 0.900. The average Bonchev–Trinajstić information content (AvgIpc) is 2.18. The molecule has 0 radical (unpaired) electrons. The van der Waals surface area contributed by atoms with Crippen LogP contribution in [0.5, 0.6) is 0 Å². The van der Waals surface area contributed by atoms with E-state index in [1.807, 2.05) is 6.92 Å². The zero-order valence-electron chi connectivity index (χ0n) is 9.23. The average molecular weight is 238 g/mol. The highest BCUT2D eigenvalue weighted by atomic mass is 19.4. The van der Waals surface area contributed by atoms with Crippen LogP contribution >= 0.6 is 0 Å². The van der Waals surface area contributed by atoms with Crippen LogP contribution in [0.4, 0.5) is 13.2 Å². The highest BCUT2D eigenvalue weighted by molar-refractivity contribution is 5.76. The van der Waals surface area contributed by atoms with E-state index in [2.05, 4.69) is 10.6 Å². The van der Waals surface area contributed by atoms with Crippen molar-refractivity contribution in [2.24, 2.45) is 0 Å². The number of piperidine rings is 1. The van der Waals surface area contributed by atoms with Crippen LogP contribution < -0.4 is 10.6 Å². The molecule has 1 saturated heterocycles. The normalized spacial score (nSPS) is 26.5. The first-order chi connectivity index (χ1) is 7.38. The molecule has 1 amide bonds. The SMILES string of the molecule is CC1NCCCC1NC(=O)CCC(F)(F)F. The van der Waals surface area contributed by atoms with Crippen LogP contribution in [0.25, 0.3) is 0 Å². The van der Waals surface area contributed by atoms with E-state index in [-0.39, 0.29) is 12.1 Å². The van der Waals surface area contributed by atoms with Gasteiger partial charge < -0.3 is 10.6 Å². The predicted molar refractivity (Wildman–Crippen MR) is 53.9 cm³/mol. The van der Waals surface area contributed by atoms with Gasteiger partial charge in [-0.25, -0.2) is 0 Å². The molecule has 3 nitrogen and oxygen atoms in total. The number of hydrogen-bond acceptors (Lipinski definition) is 2. The minimum absolute atomic E-state index is 0.0468. The highest BCUT2D eigenvalue weighted by Crippen LogP contribution is 2.21. The van der Waals surface area contributed by atoms with Gasteiger partial charge in [-0.3, -0.25) is 4.79 Å². The van der Waals surface area contributed by atoms with Crippen LogP contribution in [0.1, 0.15) is 32.6 Å². The van der Waals surface area contributed by atoms with Gasteiger partial charge in [0, 0.05) is 18.5 Å². The highest BCUT2D eigenvalue weighted by Gasteiger charge is 2.29. The molecule has 1 aliphatic heterocycles. The minimum atomic E-state index is -4.26. The summed E-state index contributed by atoms with van der Waals surface area (Å²) < 4.78 is 35.6. The standard InChI is InChI=1S/C10H17F3N2O/c1-7-8(3-2-6-14-7)15-9(16)4-5-10(11,12)13/h7-8,14H,2-6H2,1H3,(H,15,16). The second-order valence-electron chi connectivity index (χ2n) is 4.17. The Bertz CT molecular complexity index is 243.